The molecular formula is C15H17F2NO3. The van der Waals surface area contributed by atoms with Gasteiger partial charge in [0.15, 0.2) is 11.6 Å². The minimum atomic E-state index is -1.31. The summed E-state index contributed by atoms with van der Waals surface area (Å²) in [6, 6.07) is 3.59. The number of rotatable bonds is 4. The summed E-state index contributed by atoms with van der Waals surface area (Å²) >= 11 is 0. The van der Waals surface area contributed by atoms with E-state index in [2.05, 4.69) is 0 Å². The van der Waals surface area contributed by atoms with Gasteiger partial charge in [-0.15, -0.1) is 0 Å². The van der Waals surface area contributed by atoms with Crippen molar-refractivity contribution in [3.63, 3.8) is 0 Å². The van der Waals surface area contributed by atoms with Crippen LogP contribution in [0, 0.1) is 17.6 Å². The Balaban J connectivity index is 2.10. The number of likely N-dealkylation sites (N-methyl/N-ethyl adjacent to an activating group) is 1. The highest BCUT2D eigenvalue weighted by Crippen LogP contribution is 2.49. The van der Waals surface area contributed by atoms with Crippen LogP contribution in [0.5, 0.6) is 0 Å². The van der Waals surface area contributed by atoms with E-state index in [1.807, 2.05) is 0 Å². The first-order valence-electron chi connectivity index (χ1n) is 6.62. The van der Waals surface area contributed by atoms with Gasteiger partial charge >= 0.3 is 5.97 Å². The number of halogens is 2. The predicted octanol–water partition coefficient (Wildman–Crippen LogP) is 2.39. The Morgan fingerprint density at radius 1 is 1.29 bits per heavy atom. The highest BCUT2D eigenvalue weighted by Gasteiger charge is 2.48. The van der Waals surface area contributed by atoms with Gasteiger partial charge in [-0.05, 0) is 43.9 Å². The second-order valence-corrected chi connectivity index (χ2v) is 5.88. The van der Waals surface area contributed by atoms with Crippen LogP contribution in [0.3, 0.4) is 0 Å². The Hall–Kier alpha value is -1.98. The van der Waals surface area contributed by atoms with E-state index in [0.717, 1.165) is 12.1 Å². The second kappa shape index (κ2) is 5.09. The average Bonchev–Trinajstić information content (AvgIpc) is 3.20. The minimum absolute atomic E-state index is 0.181. The third-order valence-electron chi connectivity index (χ3n) is 4.17. The molecule has 0 aromatic heterocycles. The van der Waals surface area contributed by atoms with E-state index >= 15 is 0 Å². The molecule has 2 rings (SSSR count). The first kappa shape index (κ1) is 15.4. The monoisotopic (exact) mass is 297 g/mol. The van der Waals surface area contributed by atoms with Crippen LogP contribution in [0.2, 0.25) is 0 Å². The topological polar surface area (TPSA) is 57.6 Å². The molecular weight excluding hydrogens is 280 g/mol. The molecule has 1 aromatic rings. The van der Waals surface area contributed by atoms with Gasteiger partial charge in [0.05, 0.1) is 0 Å². The van der Waals surface area contributed by atoms with E-state index in [1.54, 1.807) is 0 Å². The smallest absolute Gasteiger partial charge is 0.329 e. The first-order valence-corrected chi connectivity index (χ1v) is 6.62. The Morgan fingerprint density at radius 3 is 2.43 bits per heavy atom. The Bertz CT molecular complexity index is 601. The normalized spacial score (nSPS) is 21.0. The average molecular weight is 297 g/mol. The molecule has 1 saturated carbocycles. The fraction of sp³-hybridized carbons (Fsp3) is 0.467. The van der Waals surface area contributed by atoms with E-state index < -0.39 is 23.1 Å². The van der Waals surface area contributed by atoms with Crippen molar-refractivity contribution in [2.24, 2.45) is 5.92 Å². The number of aliphatic carboxylic acids is 1. The fourth-order valence-electron chi connectivity index (χ4n) is 2.25. The van der Waals surface area contributed by atoms with Crippen molar-refractivity contribution in [1.82, 2.24) is 4.90 Å². The standard InChI is InChI=1S/C15H17F2NO3/c1-15(2,14(20)21)18(3)13(19)10-7-9(10)8-4-5-11(16)12(17)6-8/h4-6,9-10H,7H2,1-3H3,(H,20,21). The summed E-state index contributed by atoms with van der Waals surface area (Å²) in [4.78, 5) is 24.6. The quantitative estimate of drug-likeness (QED) is 0.928. The van der Waals surface area contributed by atoms with Gasteiger partial charge < -0.3 is 10.0 Å². The van der Waals surface area contributed by atoms with Crippen LogP contribution in [0.4, 0.5) is 8.78 Å². The van der Waals surface area contributed by atoms with Crippen LogP contribution in [-0.4, -0.2) is 34.5 Å². The molecule has 1 aliphatic carbocycles. The number of carbonyl (C=O) groups excluding carboxylic acids is 1. The van der Waals surface area contributed by atoms with Crippen LogP contribution < -0.4 is 0 Å². The van der Waals surface area contributed by atoms with Crippen LogP contribution in [-0.2, 0) is 9.59 Å². The minimum Gasteiger partial charge on any atom is -0.480 e. The molecule has 4 nitrogen and oxygen atoms in total. The van der Waals surface area contributed by atoms with Gasteiger partial charge in [-0.3, -0.25) is 4.79 Å². The van der Waals surface area contributed by atoms with Gasteiger partial charge in [0.2, 0.25) is 5.91 Å². The third kappa shape index (κ3) is 2.75. The largest absolute Gasteiger partial charge is 0.480 e. The molecule has 1 aromatic carbocycles. The summed E-state index contributed by atoms with van der Waals surface area (Å²) in [5.41, 5.74) is -0.744. The Kier molecular flexibility index (Phi) is 3.74. The van der Waals surface area contributed by atoms with E-state index in [0.29, 0.717) is 12.0 Å². The lowest BCUT2D eigenvalue weighted by Gasteiger charge is -2.31. The maximum atomic E-state index is 13.2. The SMILES string of the molecule is CN(C(=O)C1CC1c1ccc(F)c(F)c1)C(C)(C)C(=O)O. The number of carboxylic acids is 1. The van der Waals surface area contributed by atoms with Gasteiger partial charge in [-0.1, -0.05) is 6.07 Å². The maximum absolute atomic E-state index is 13.2. The van der Waals surface area contributed by atoms with Gasteiger partial charge in [-0.2, -0.15) is 0 Å². The van der Waals surface area contributed by atoms with Gasteiger partial charge in [0, 0.05) is 13.0 Å². The molecule has 2 atom stereocenters. The van der Waals surface area contributed by atoms with Crippen molar-refractivity contribution in [3.8, 4) is 0 Å². The van der Waals surface area contributed by atoms with Crippen LogP contribution in [0.15, 0.2) is 18.2 Å². The third-order valence-corrected chi connectivity index (χ3v) is 4.17. The molecule has 0 spiro atoms. The predicted molar refractivity (Wildman–Crippen MR) is 71.7 cm³/mol. The number of carboxylic acid groups (broad SMARTS) is 1. The summed E-state index contributed by atoms with van der Waals surface area (Å²) in [7, 11) is 1.44. The van der Waals surface area contributed by atoms with E-state index in [4.69, 9.17) is 5.11 Å². The number of hydrogen-bond donors (Lipinski definition) is 1. The highest BCUT2D eigenvalue weighted by atomic mass is 19.2. The molecule has 6 heteroatoms. The lowest BCUT2D eigenvalue weighted by Crippen LogP contribution is -2.51. The molecule has 1 N–H and O–H groups in total. The summed E-state index contributed by atoms with van der Waals surface area (Å²) in [5, 5.41) is 9.13. The van der Waals surface area contributed by atoms with Crippen molar-refractivity contribution < 1.29 is 23.5 Å². The van der Waals surface area contributed by atoms with E-state index in [1.165, 1.54) is 31.9 Å². The molecule has 2 unspecified atom stereocenters. The molecule has 1 amide bonds. The molecule has 114 valence electrons. The molecule has 0 aliphatic heterocycles. The number of benzene rings is 1. The summed E-state index contributed by atoms with van der Waals surface area (Å²) < 4.78 is 26.1. The van der Waals surface area contributed by atoms with Crippen LogP contribution >= 0.6 is 0 Å². The lowest BCUT2D eigenvalue weighted by molar-refractivity contribution is -0.155. The summed E-state index contributed by atoms with van der Waals surface area (Å²) in [6.07, 6.45) is 0.518. The second-order valence-electron chi connectivity index (χ2n) is 5.88. The number of nitrogens with zero attached hydrogens (tertiary/aromatic N) is 1. The maximum Gasteiger partial charge on any atom is 0.329 e. The molecule has 0 radical (unpaired) electrons. The number of carbonyl (C=O) groups is 2. The van der Waals surface area contributed by atoms with Crippen molar-refractivity contribution in [1.29, 1.82) is 0 Å². The molecule has 0 saturated heterocycles. The Morgan fingerprint density at radius 2 is 1.90 bits per heavy atom. The van der Waals surface area contributed by atoms with Crippen molar-refractivity contribution in [2.75, 3.05) is 7.05 Å². The lowest BCUT2D eigenvalue weighted by atomic mass is 10.0. The molecule has 1 fully saturated rings. The zero-order chi connectivity index (χ0) is 15.9. The summed E-state index contributed by atoms with van der Waals surface area (Å²) in [6.45, 7) is 2.89. The van der Waals surface area contributed by atoms with Gasteiger partial charge in [0.1, 0.15) is 5.54 Å². The molecule has 1 aliphatic rings. The number of amides is 1. The molecule has 0 heterocycles. The van der Waals surface area contributed by atoms with E-state index in [9.17, 15) is 18.4 Å². The number of hydrogen-bond acceptors (Lipinski definition) is 2. The first-order chi connectivity index (χ1) is 9.66. The van der Waals surface area contributed by atoms with E-state index in [-0.39, 0.29) is 17.7 Å². The van der Waals surface area contributed by atoms with Crippen molar-refractivity contribution in [2.45, 2.75) is 31.7 Å². The zero-order valence-corrected chi connectivity index (χ0v) is 12.1. The van der Waals surface area contributed by atoms with Gasteiger partial charge in [0.25, 0.3) is 0 Å². The Labute approximate surface area is 121 Å². The van der Waals surface area contributed by atoms with Crippen molar-refractivity contribution >= 4 is 11.9 Å². The van der Waals surface area contributed by atoms with Gasteiger partial charge in [-0.25, -0.2) is 13.6 Å². The molecule has 0 bridgehead atoms. The van der Waals surface area contributed by atoms with Crippen LogP contribution in [0.25, 0.3) is 0 Å². The van der Waals surface area contributed by atoms with Crippen molar-refractivity contribution in [3.05, 3.63) is 35.4 Å². The fourth-order valence-corrected chi connectivity index (χ4v) is 2.25. The molecule has 21 heavy (non-hydrogen) atoms. The zero-order valence-electron chi connectivity index (χ0n) is 12.1. The highest BCUT2D eigenvalue weighted by molar-refractivity contribution is 5.89. The summed E-state index contributed by atoms with van der Waals surface area (Å²) in [5.74, 6) is -3.81. The van der Waals surface area contributed by atoms with Crippen LogP contribution in [0.1, 0.15) is 31.7 Å².